The van der Waals surface area contributed by atoms with Crippen molar-refractivity contribution in [2.45, 2.75) is 49.8 Å². The Labute approximate surface area is 186 Å². The molecule has 1 aliphatic heterocycles. The van der Waals surface area contributed by atoms with Gasteiger partial charge in [0.05, 0.1) is 12.7 Å². The number of nitrogens with one attached hydrogen (secondary N) is 1. The van der Waals surface area contributed by atoms with Crippen LogP contribution in [0.25, 0.3) is 0 Å². The van der Waals surface area contributed by atoms with E-state index in [0.29, 0.717) is 23.7 Å². The van der Waals surface area contributed by atoms with Gasteiger partial charge >= 0.3 is 5.97 Å². The Balaban J connectivity index is 1.62. The Bertz CT molecular complexity index is 1110. The Kier molecular flexibility index (Phi) is 6.23. The number of aryl methyl sites for hydroxylation is 2. The lowest BCUT2D eigenvalue weighted by atomic mass is 9.95. The van der Waals surface area contributed by atoms with Crippen LogP contribution in [0.2, 0.25) is 0 Å². The minimum absolute atomic E-state index is 0.112. The summed E-state index contributed by atoms with van der Waals surface area (Å²) < 4.78 is 33.9. The fourth-order valence-corrected chi connectivity index (χ4v) is 7.16. The number of carbonyl (C=O) groups excluding carboxylic acids is 2. The maximum absolute atomic E-state index is 13.0. The topological polar surface area (TPSA) is 97.7 Å². The molecule has 0 atom stereocenters. The first-order valence-electron chi connectivity index (χ1n) is 10.5. The average molecular weight is 466 g/mol. The number of hydrogen-bond acceptors (Lipinski definition) is 6. The van der Waals surface area contributed by atoms with E-state index in [1.807, 2.05) is 0 Å². The number of aromatic nitrogens is 1. The molecule has 0 unspecified atom stereocenters. The molecule has 1 saturated heterocycles. The van der Waals surface area contributed by atoms with E-state index in [0.717, 1.165) is 55.4 Å². The predicted octanol–water partition coefficient (Wildman–Crippen LogP) is 3.18. The van der Waals surface area contributed by atoms with Crippen LogP contribution in [0.5, 0.6) is 0 Å². The van der Waals surface area contributed by atoms with Crippen LogP contribution in [0.4, 0.5) is 5.00 Å². The molecule has 31 heavy (non-hydrogen) atoms. The Morgan fingerprint density at radius 2 is 1.81 bits per heavy atom. The Morgan fingerprint density at radius 3 is 2.52 bits per heavy atom. The number of fused-ring (bicyclic) bond motifs is 1. The molecule has 0 spiro atoms. The highest BCUT2D eigenvalue weighted by molar-refractivity contribution is 7.89. The zero-order valence-corrected chi connectivity index (χ0v) is 19.4. The molecule has 0 bridgehead atoms. The van der Waals surface area contributed by atoms with E-state index in [9.17, 15) is 18.0 Å². The molecule has 10 heteroatoms. The lowest BCUT2D eigenvalue weighted by molar-refractivity contribution is 0.0601. The molecule has 1 amide bonds. The molecular formula is C21H27N3O5S2. The third-order valence-electron chi connectivity index (χ3n) is 5.95. The second-order valence-corrected chi connectivity index (χ2v) is 11.0. The maximum atomic E-state index is 13.0. The average Bonchev–Trinajstić information content (AvgIpc) is 3.34. The number of anilines is 1. The van der Waals surface area contributed by atoms with Crippen LogP contribution in [0.15, 0.2) is 17.2 Å². The number of ether oxygens (including phenoxy) is 1. The van der Waals surface area contributed by atoms with Crippen molar-refractivity contribution < 1.29 is 22.7 Å². The number of thiophene rings is 1. The summed E-state index contributed by atoms with van der Waals surface area (Å²) in [5, 5.41) is 3.30. The van der Waals surface area contributed by atoms with Crippen LogP contribution in [0.1, 0.15) is 63.4 Å². The summed E-state index contributed by atoms with van der Waals surface area (Å²) >= 11 is 1.40. The summed E-state index contributed by atoms with van der Waals surface area (Å²) in [5.41, 5.74) is 1.60. The van der Waals surface area contributed by atoms with Gasteiger partial charge in [0.15, 0.2) is 0 Å². The smallest absolute Gasteiger partial charge is 0.341 e. The molecule has 3 heterocycles. The maximum Gasteiger partial charge on any atom is 0.341 e. The number of amides is 1. The summed E-state index contributed by atoms with van der Waals surface area (Å²) in [7, 11) is -0.664. The van der Waals surface area contributed by atoms with Gasteiger partial charge in [0.25, 0.3) is 5.91 Å². The lowest BCUT2D eigenvalue weighted by Gasteiger charge is -2.25. The van der Waals surface area contributed by atoms with E-state index in [4.69, 9.17) is 4.74 Å². The molecule has 1 aliphatic carbocycles. The molecule has 4 rings (SSSR count). The molecule has 2 aromatic heterocycles. The van der Waals surface area contributed by atoms with Crippen LogP contribution in [-0.2, 0) is 34.6 Å². The van der Waals surface area contributed by atoms with Crippen molar-refractivity contribution in [3.05, 3.63) is 34.0 Å². The van der Waals surface area contributed by atoms with Gasteiger partial charge in [-0.1, -0.05) is 6.42 Å². The molecule has 0 aromatic carbocycles. The summed E-state index contributed by atoms with van der Waals surface area (Å²) in [5.74, 6) is -0.915. The van der Waals surface area contributed by atoms with Gasteiger partial charge in [-0.3, -0.25) is 4.79 Å². The van der Waals surface area contributed by atoms with Gasteiger partial charge in [-0.05, 0) is 50.2 Å². The lowest BCUT2D eigenvalue weighted by Crippen LogP contribution is -2.35. The first-order chi connectivity index (χ1) is 14.8. The van der Waals surface area contributed by atoms with E-state index < -0.39 is 21.9 Å². The van der Waals surface area contributed by atoms with Crippen LogP contribution in [0.3, 0.4) is 0 Å². The zero-order valence-electron chi connectivity index (χ0n) is 17.8. The highest BCUT2D eigenvalue weighted by atomic mass is 32.2. The second-order valence-electron chi connectivity index (χ2n) is 8.00. The second kappa shape index (κ2) is 8.76. The first kappa shape index (κ1) is 22.0. The third kappa shape index (κ3) is 4.16. The van der Waals surface area contributed by atoms with Crippen molar-refractivity contribution >= 4 is 38.2 Å². The molecule has 0 radical (unpaired) electrons. The molecule has 1 fully saturated rings. The Hall–Kier alpha value is -2.17. The first-order valence-corrected chi connectivity index (χ1v) is 12.8. The number of sulfonamides is 1. The van der Waals surface area contributed by atoms with Crippen LogP contribution in [-0.4, -0.2) is 49.4 Å². The molecule has 8 nitrogen and oxygen atoms in total. The number of hydrogen-bond donors (Lipinski definition) is 1. The van der Waals surface area contributed by atoms with Crippen molar-refractivity contribution in [1.82, 2.24) is 8.87 Å². The summed E-state index contributed by atoms with van der Waals surface area (Å²) in [6.07, 6.45) is 7.91. The molecular weight excluding hydrogens is 438 g/mol. The van der Waals surface area contributed by atoms with Crippen molar-refractivity contribution in [2.24, 2.45) is 7.05 Å². The van der Waals surface area contributed by atoms with Gasteiger partial charge < -0.3 is 14.6 Å². The van der Waals surface area contributed by atoms with Gasteiger partial charge in [-0.25, -0.2) is 13.2 Å². The van der Waals surface area contributed by atoms with E-state index in [1.165, 1.54) is 39.6 Å². The summed E-state index contributed by atoms with van der Waals surface area (Å²) in [6, 6.07) is 1.41. The van der Waals surface area contributed by atoms with Crippen molar-refractivity contribution in [2.75, 3.05) is 25.5 Å². The van der Waals surface area contributed by atoms with Crippen LogP contribution >= 0.6 is 11.3 Å². The SMILES string of the molecule is COC(=O)c1c(NC(=O)c2cc(S(=O)(=O)N3CCCCC3)cn2C)sc2c1CCCC2. The van der Waals surface area contributed by atoms with Crippen LogP contribution in [0, 0.1) is 0 Å². The number of esters is 1. The van der Waals surface area contributed by atoms with Gasteiger partial charge in [-0.2, -0.15) is 4.31 Å². The zero-order chi connectivity index (χ0) is 22.2. The van der Waals surface area contributed by atoms with Crippen LogP contribution < -0.4 is 5.32 Å². The van der Waals surface area contributed by atoms with E-state index in [-0.39, 0.29) is 10.6 Å². The van der Waals surface area contributed by atoms with E-state index >= 15 is 0 Å². The van der Waals surface area contributed by atoms with Crippen molar-refractivity contribution in [3.63, 3.8) is 0 Å². The highest BCUT2D eigenvalue weighted by Gasteiger charge is 2.30. The number of carbonyl (C=O) groups is 2. The van der Waals surface area contributed by atoms with Gasteiger partial charge in [0.1, 0.15) is 15.6 Å². The quantitative estimate of drug-likeness (QED) is 0.684. The summed E-state index contributed by atoms with van der Waals surface area (Å²) in [4.78, 5) is 26.7. The molecule has 2 aliphatic rings. The monoisotopic (exact) mass is 465 g/mol. The van der Waals surface area contributed by atoms with Crippen molar-refractivity contribution in [3.8, 4) is 0 Å². The highest BCUT2D eigenvalue weighted by Crippen LogP contribution is 2.38. The Morgan fingerprint density at radius 1 is 1.10 bits per heavy atom. The van der Waals surface area contributed by atoms with Gasteiger partial charge in [0.2, 0.25) is 10.0 Å². The third-order valence-corrected chi connectivity index (χ3v) is 9.02. The minimum Gasteiger partial charge on any atom is -0.465 e. The molecule has 2 aromatic rings. The molecule has 1 N–H and O–H groups in total. The van der Waals surface area contributed by atoms with E-state index in [1.54, 1.807) is 7.05 Å². The number of methoxy groups -OCH3 is 1. The minimum atomic E-state index is -3.64. The molecule has 168 valence electrons. The van der Waals surface area contributed by atoms with E-state index in [2.05, 4.69) is 5.32 Å². The fraction of sp³-hybridized carbons (Fsp3) is 0.524. The number of piperidine rings is 1. The largest absolute Gasteiger partial charge is 0.465 e. The molecule has 0 saturated carbocycles. The number of rotatable bonds is 5. The predicted molar refractivity (Wildman–Crippen MR) is 118 cm³/mol. The normalized spacial score (nSPS) is 17.2. The number of nitrogens with zero attached hydrogens (tertiary/aromatic N) is 2. The van der Waals surface area contributed by atoms with Crippen molar-refractivity contribution in [1.29, 1.82) is 0 Å². The van der Waals surface area contributed by atoms with Gasteiger partial charge in [0, 0.05) is 31.2 Å². The van der Waals surface area contributed by atoms with Gasteiger partial charge in [-0.15, -0.1) is 11.3 Å². The summed E-state index contributed by atoms with van der Waals surface area (Å²) in [6.45, 7) is 1.00. The standard InChI is InChI=1S/C21H27N3O5S2/c1-23-13-14(31(27,28)24-10-6-3-7-11-24)12-16(23)19(25)22-20-18(21(26)29-2)15-8-4-5-9-17(15)30-20/h12-13H,3-11H2,1-2H3,(H,22,25). The fourth-order valence-electron chi connectivity index (χ4n) is 4.29.